The van der Waals surface area contributed by atoms with E-state index in [1.54, 1.807) is 0 Å². The molecule has 122 valence electrons. The van der Waals surface area contributed by atoms with Crippen LogP contribution in [0.15, 0.2) is 11.5 Å². The fourth-order valence-electron chi connectivity index (χ4n) is 1.53. The van der Waals surface area contributed by atoms with Crippen LogP contribution in [0.25, 0.3) is 0 Å². The lowest BCUT2D eigenvalue weighted by molar-refractivity contribution is -0.144. The molecule has 6 nitrogen and oxygen atoms in total. The molecular weight excluding hydrogens is 317 g/mol. The van der Waals surface area contributed by atoms with Gasteiger partial charge in [-0.1, -0.05) is 6.92 Å². The van der Waals surface area contributed by atoms with E-state index in [4.69, 9.17) is 4.74 Å². The van der Waals surface area contributed by atoms with Gasteiger partial charge in [-0.25, -0.2) is 4.79 Å². The smallest absolute Gasteiger partial charge is 0.477 e. The lowest BCUT2D eigenvalue weighted by Gasteiger charge is -2.24. The molecule has 0 aromatic heterocycles. The van der Waals surface area contributed by atoms with E-state index >= 15 is 0 Å². The summed E-state index contributed by atoms with van der Waals surface area (Å²) in [7, 11) is -5.89. The number of halogens is 3. The summed E-state index contributed by atoms with van der Waals surface area (Å²) in [6.45, 7) is 5.77. The normalized spacial score (nSPS) is 22.0. The summed E-state index contributed by atoms with van der Waals surface area (Å²) in [4.78, 5) is 11.7. The third-order valence-electron chi connectivity index (χ3n) is 2.97. The Labute approximate surface area is 120 Å². The zero-order chi connectivity index (χ0) is 16.6. The SMILES string of the molecule is CCOC(=O)C1=C(OS(=O)(=O)C(F)(F)F)C(C)C(C)(C)O1. The Balaban J connectivity index is 3.25. The maximum Gasteiger partial charge on any atom is 0.534 e. The van der Waals surface area contributed by atoms with E-state index in [9.17, 15) is 26.4 Å². The second kappa shape index (κ2) is 5.39. The average molecular weight is 332 g/mol. The molecule has 0 bridgehead atoms. The van der Waals surface area contributed by atoms with Crippen LogP contribution in [-0.4, -0.2) is 32.1 Å². The van der Waals surface area contributed by atoms with Gasteiger partial charge in [-0.15, -0.1) is 0 Å². The fourth-order valence-corrected chi connectivity index (χ4v) is 2.08. The van der Waals surface area contributed by atoms with Crippen LogP contribution in [-0.2, 0) is 28.6 Å². The van der Waals surface area contributed by atoms with Gasteiger partial charge in [-0.05, 0) is 20.8 Å². The molecule has 1 unspecified atom stereocenters. The van der Waals surface area contributed by atoms with E-state index in [0.29, 0.717) is 0 Å². The van der Waals surface area contributed by atoms with Crippen molar-refractivity contribution in [3.8, 4) is 0 Å². The molecule has 1 heterocycles. The van der Waals surface area contributed by atoms with Gasteiger partial charge in [0, 0.05) is 0 Å². The maximum absolute atomic E-state index is 12.4. The lowest BCUT2D eigenvalue weighted by Crippen LogP contribution is -2.30. The molecule has 0 radical (unpaired) electrons. The van der Waals surface area contributed by atoms with Crippen LogP contribution in [0, 0.1) is 5.92 Å². The second-order valence-corrected chi connectivity index (χ2v) is 6.36. The van der Waals surface area contributed by atoms with E-state index in [1.807, 2.05) is 0 Å². The molecule has 1 aliphatic rings. The van der Waals surface area contributed by atoms with Crippen molar-refractivity contribution in [2.75, 3.05) is 6.61 Å². The van der Waals surface area contributed by atoms with Gasteiger partial charge in [0.2, 0.25) is 5.76 Å². The number of carbonyl (C=O) groups excluding carboxylic acids is 1. The first-order valence-electron chi connectivity index (χ1n) is 5.94. The summed E-state index contributed by atoms with van der Waals surface area (Å²) in [6.07, 6.45) is 0. The average Bonchev–Trinajstić information content (AvgIpc) is 2.51. The molecule has 1 rings (SSSR count). The zero-order valence-corrected chi connectivity index (χ0v) is 12.6. The van der Waals surface area contributed by atoms with E-state index in [1.165, 1.54) is 27.7 Å². The Morgan fingerprint density at radius 1 is 1.38 bits per heavy atom. The third kappa shape index (κ3) is 3.42. The first-order chi connectivity index (χ1) is 9.33. The van der Waals surface area contributed by atoms with Gasteiger partial charge < -0.3 is 13.7 Å². The monoisotopic (exact) mass is 332 g/mol. The second-order valence-electron chi connectivity index (χ2n) is 4.82. The van der Waals surface area contributed by atoms with Gasteiger partial charge in [-0.3, -0.25) is 0 Å². The largest absolute Gasteiger partial charge is 0.534 e. The molecule has 0 fully saturated rings. The van der Waals surface area contributed by atoms with Gasteiger partial charge >= 0.3 is 21.6 Å². The van der Waals surface area contributed by atoms with E-state index in [-0.39, 0.29) is 6.61 Å². The molecule has 0 saturated heterocycles. The molecule has 0 spiro atoms. The molecule has 0 amide bonds. The van der Waals surface area contributed by atoms with Crippen molar-refractivity contribution in [2.24, 2.45) is 5.92 Å². The Morgan fingerprint density at radius 2 is 1.90 bits per heavy atom. The molecule has 0 saturated carbocycles. The number of hydrogen-bond donors (Lipinski definition) is 0. The van der Waals surface area contributed by atoms with Crippen LogP contribution >= 0.6 is 0 Å². The van der Waals surface area contributed by atoms with Crippen molar-refractivity contribution in [3.05, 3.63) is 11.5 Å². The van der Waals surface area contributed by atoms with Gasteiger partial charge in [0.1, 0.15) is 5.60 Å². The Kier molecular flexibility index (Phi) is 4.52. The van der Waals surface area contributed by atoms with Crippen LogP contribution in [0.1, 0.15) is 27.7 Å². The zero-order valence-electron chi connectivity index (χ0n) is 11.8. The Hall–Kier alpha value is -1.45. The quantitative estimate of drug-likeness (QED) is 0.445. The maximum atomic E-state index is 12.4. The summed E-state index contributed by atoms with van der Waals surface area (Å²) >= 11 is 0. The summed E-state index contributed by atoms with van der Waals surface area (Å²) in [6, 6.07) is 0. The summed E-state index contributed by atoms with van der Waals surface area (Å²) in [5.41, 5.74) is -6.72. The topological polar surface area (TPSA) is 78.9 Å². The highest BCUT2D eigenvalue weighted by Crippen LogP contribution is 2.42. The molecule has 0 N–H and O–H groups in total. The minimum Gasteiger partial charge on any atom is -0.477 e. The van der Waals surface area contributed by atoms with Crippen molar-refractivity contribution in [1.82, 2.24) is 0 Å². The van der Waals surface area contributed by atoms with E-state index in [2.05, 4.69) is 8.92 Å². The van der Waals surface area contributed by atoms with E-state index < -0.39 is 44.6 Å². The molecular formula is C11H15F3O6S. The number of carbonyl (C=O) groups is 1. The minimum atomic E-state index is -5.89. The molecule has 0 aromatic carbocycles. The number of hydrogen-bond acceptors (Lipinski definition) is 6. The van der Waals surface area contributed by atoms with Crippen LogP contribution in [0.4, 0.5) is 13.2 Å². The summed E-state index contributed by atoms with van der Waals surface area (Å²) < 4.78 is 73.3. The van der Waals surface area contributed by atoms with Gasteiger partial charge in [0.15, 0.2) is 5.76 Å². The molecule has 1 aliphatic heterocycles. The van der Waals surface area contributed by atoms with Crippen molar-refractivity contribution in [1.29, 1.82) is 0 Å². The minimum absolute atomic E-state index is 0.0558. The number of esters is 1. The predicted molar refractivity (Wildman–Crippen MR) is 64.0 cm³/mol. The number of ether oxygens (including phenoxy) is 2. The summed E-state index contributed by atoms with van der Waals surface area (Å²) in [5.74, 6) is -3.35. The lowest BCUT2D eigenvalue weighted by atomic mass is 9.93. The predicted octanol–water partition coefficient (Wildman–Crippen LogP) is 2.07. The molecule has 1 atom stereocenters. The molecule has 21 heavy (non-hydrogen) atoms. The highest BCUT2D eigenvalue weighted by Gasteiger charge is 2.53. The Morgan fingerprint density at radius 3 is 2.33 bits per heavy atom. The van der Waals surface area contributed by atoms with Crippen molar-refractivity contribution >= 4 is 16.1 Å². The third-order valence-corrected chi connectivity index (χ3v) is 3.93. The highest BCUT2D eigenvalue weighted by atomic mass is 32.2. The number of rotatable bonds is 4. The standard InChI is InChI=1S/C11H15F3O6S/c1-5-18-9(15)8-7(6(2)10(3,4)19-8)20-21(16,17)11(12,13)14/h6H,5H2,1-4H3. The van der Waals surface area contributed by atoms with Crippen LogP contribution in [0.2, 0.25) is 0 Å². The van der Waals surface area contributed by atoms with Gasteiger partial charge in [-0.2, -0.15) is 21.6 Å². The van der Waals surface area contributed by atoms with Crippen LogP contribution in [0.3, 0.4) is 0 Å². The molecule has 0 aromatic rings. The van der Waals surface area contributed by atoms with E-state index in [0.717, 1.165) is 0 Å². The number of alkyl halides is 3. The van der Waals surface area contributed by atoms with Crippen molar-refractivity contribution in [3.63, 3.8) is 0 Å². The highest BCUT2D eigenvalue weighted by molar-refractivity contribution is 7.87. The first kappa shape index (κ1) is 17.6. The Bertz CT molecular complexity index is 561. The van der Waals surface area contributed by atoms with Crippen LogP contribution in [0.5, 0.6) is 0 Å². The molecule has 10 heteroatoms. The van der Waals surface area contributed by atoms with Gasteiger partial charge in [0.25, 0.3) is 0 Å². The molecule has 0 aliphatic carbocycles. The van der Waals surface area contributed by atoms with Crippen LogP contribution < -0.4 is 0 Å². The summed E-state index contributed by atoms with van der Waals surface area (Å²) in [5, 5.41) is 0. The fraction of sp³-hybridized carbons (Fsp3) is 0.727. The first-order valence-corrected chi connectivity index (χ1v) is 7.35. The van der Waals surface area contributed by atoms with Crippen molar-refractivity contribution < 1.29 is 40.0 Å². The van der Waals surface area contributed by atoms with Gasteiger partial charge in [0.05, 0.1) is 12.5 Å². The van der Waals surface area contributed by atoms with Crippen molar-refractivity contribution in [2.45, 2.75) is 38.8 Å².